The second-order valence-electron chi connectivity index (χ2n) is 0.869. The van der Waals surface area contributed by atoms with E-state index in [1.807, 2.05) is 0 Å². The molecule has 0 bridgehead atoms. The molecule has 9 heteroatoms. The standard InChI is InChI=1S/H8N5O4/c1-6-5(7-2,8-3)9-4/h1-4H2/q+1. The van der Waals surface area contributed by atoms with E-state index in [9.17, 15) is 0 Å². The molecular formula is H8N5O4+. The molecule has 0 aromatic rings. The number of hydrogen-bond acceptors (Lipinski definition) is 8. The highest BCUT2D eigenvalue weighted by Gasteiger charge is 2.36. The van der Waals surface area contributed by atoms with E-state index in [4.69, 9.17) is 0 Å². The van der Waals surface area contributed by atoms with Gasteiger partial charge in [-0.05, 0) is 0 Å². The van der Waals surface area contributed by atoms with Crippen molar-refractivity contribution in [3.63, 3.8) is 0 Å². The van der Waals surface area contributed by atoms with E-state index in [0.29, 0.717) is 0 Å². The largest absolute Gasteiger partial charge is 0.320 e. The lowest BCUT2D eigenvalue weighted by Crippen LogP contribution is -2.54. The van der Waals surface area contributed by atoms with Crippen molar-refractivity contribution in [3.05, 3.63) is 0 Å². The Morgan fingerprint density at radius 3 is 0.889 bits per heavy atom. The monoisotopic (exact) mass is 142 g/mol. The van der Waals surface area contributed by atoms with E-state index in [0.717, 1.165) is 0 Å². The molecule has 0 aliphatic heterocycles. The Labute approximate surface area is 49.8 Å². The third-order valence-corrected chi connectivity index (χ3v) is 0.516. The van der Waals surface area contributed by atoms with Crippen LogP contribution in [-0.2, 0) is 19.8 Å². The maximum Gasteiger partial charge on any atom is 0.320 e. The van der Waals surface area contributed by atoms with Gasteiger partial charge in [0.15, 0.2) is 0 Å². The molecule has 0 atom stereocenters. The summed E-state index contributed by atoms with van der Waals surface area (Å²) in [6.45, 7) is 0. The normalized spacial score (nSPS) is 12.0. The third-order valence-electron chi connectivity index (χ3n) is 0.516. The molecule has 0 fully saturated rings. The molecule has 0 saturated heterocycles. The predicted molar refractivity (Wildman–Crippen MR) is 21.4 cm³/mol. The summed E-state index contributed by atoms with van der Waals surface area (Å²) in [6.07, 6.45) is 0. The maximum atomic E-state index is 4.50. The van der Waals surface area contributed by atoms with Gasteiger partial charge in [0.25, 0.3) is 0 Å². The molecule has 0 amide bonds. The predicted octanol–water partition coefficient (Wildman–Crippen LogP) is -2.98. The van der Waals surface area contributed by atoms with Gasteiger partial charge < -0.3 is 0 Å². The van der Waals surface area contributed by atoms with Gasteiger partial charge >= 0.3 is 5.14 Å². The van der Waals surface area contributed by atoms with Crippen LogP contribution in [0, 0.1) is 0 Å². The van der Waals surface area contributed by atoms with Crippen LogP contribution in [0.4, 0.5) is 0 Å². The van der Waals surface area contributed by atoms with Gasteiger partial charge in [-0.2, -0.15) is 0 Å². The zero-order chi connectivity index (χ0) is 7.33. The van der Waals surface area contributed by atoms with Crippen molar-refractivity contribution in [3.8, 4) is 0 Å². The van der Waals surface area contributed by atoms with E-state index in [1.165, 1.54) is 0 Å². The van der Waals surface area contributed by atoms with E-state index in [-0.39, 0.29) is 0 Å². The minimum atomic E-state index is -1.61. The molecule has 0 aromatic carbocycles. The van der Waals surface area contributed by atoms with Gasteiger partial charge in [-0.1, -0.05) is 0 Å². The van der Waals surface area contributed by atoms with Crippen LogP contribution < -0.4 is 23.6 Å². The van der Waals surface area contributed by atoms with Gasteiger partial charge in [-0.3, -0.25) is 0 Å². The Morgan fingerprint density at radius 1 is 0.667 bits per heavy atom. The minimum Gasteiger partial charge on any atom is -0.149 e. The topological polar surface area (TPSA) is 141 Å². The summed E-state index contributed by atoms with van der Waals surface area (Å²) in [5.41, 5.74) is 0. The first kappa shape index (κ1) is 8.64. The molecule has 0 saturated carbocycles. The molecule has 0 aliphatic carbocycles. The first-order valence-corrected chi connectivity index (χ1v) is 1.67. The molecular weight excluding hydrogens is 134 g/mol. The third kappa shape index (κ3) is 1.79. The quantitative estimate of drug-likeness (QED) is 0.240. The van der Waals surface area contributed by atoms with E-state index in [1.54, 1.807) is 0 Å². The summed E-state index contributed by atoms with van der Waals surface area (Å²) in [5, 5.41) is -1.61. The van der Waals surface area contributed by atoms with Crippen molar-refractivity contribution in [2.24, 2.45) is 23.6 Å². The van der Waals surface area contributed by atoms with E-state index < -0.39 is 5.14 Å². The van der Waals surface area contributed by atoms with Crippen LogP contribution in [0.15, 0.2) is 0 Å². The molecule has 0 heterocycles. The number of nitrogens with two attached hydrogens (primary N) is 4. The zero-order valence-corrected chi connectivity index (χ0v) is 4.39. The molecule has 9 nitrogen and oxygen atoms in total. The first-order chi connectivity index (χ1) is 4.24. The van der Waals surface area contributed by atoms with Crippen LogP contribution in [-0.4, -0.2) is 5.14 Å². The molecule has 8 N–H and O–H groups in total. The van der Waals surface area contributed by atoms with Crippen molar-refractivity contribution >= 4 is 0 Å². The maximum absolute atomic E-state index is 4.50. The fraction of sp³-hybridized carbons (Fsp3) is 0. The van der Waals surface area contributed by atoms with Crippen molar-refractivity contribution in [1.82, 2.24) is 0 Å². The summed E-state index contributed by atoms with van der Waals surface area (Å²) in [4.78, 5) is 15.1. The van der Waals surface area contributed by atoms with Crippen LogP contribution >= 0.6 is 0 Å². The Hall–Kier alpha value is -0.360. The highest BCUT2D eigenvalue weighted by Crippen LogP contribution is 1.99. The zero-order valence-electron chi connectivity index (χ0n) is 4.39. The van der Waals surface area contributed by atoms with Crippen molar-refractivity contribution in [2.75, 3.05) is 0 Å². The Balaban J connectivity index is 3.82. The molecule has 0 aromatic heterocycles. The van der Waals surface area contributed by atoms with Crippen molar-refractivity contribution in [1.29, 1.82) is 0 Å². The Kier molecular flexibility index (Phi) is 3.48. The highest BCUT2D eigenvalue weighted by molar-refractivity contribution is 3.33. The van der Waals surface area contributed by atoms with Gasteiger partial charge in [0.05, 0.1) is 0 Å². The lowest BCUT2D eigenvalue weighted by molar-refractivity contribution is -1.48. The molecule has 0 aliphatic rings. The van der Waals surface area contributed by atoms with Crippen molar-refractivity contribution in [2.45, 2.75) is 0 Å². The average Bonchev–Trinajstić information content (AvgIpc) is 1.95. The van der Waals surface area contributed by atoms with Gasteiger partial charge in [0.1, 0.15) is 0 Å². The van der Waals surface area contributed by atoms with Gasteiger partial charge in [-0.15, -0.1) is 23.6 Å². The SMILES string of the molecule is NO[N+](ON)(ON)ON. The van der Waals surface area contributed by atoms with Crippen LogP contribution in [0.5, 0.6) is 0 Å². The highest BCUT2D eigenvalue weighted by atomic mass is 17.5. The second kappa shape index (κ2) is 3.62. The minimum absolute atomic E-state index is 1.61. The summed E-state index contributed by atoms with van der Waals surface area (Å²) in [6, 6.07) is 0. The Bertz CT molecular complexity index is 51.8. The summed E-state index contributed by atoms with van der Waals surface area (Å²) < 4.78 is 0. The first-order valence-electron chi connectivity index (χ1n) is 1.67. The number of nitrogens with zero attached hydrogens (tertiary/aromatic N) is 1. The average molecular weight is 142 g/mol. The van der Waals surface area contributed by atoms with Crippen LogP contribution in [0.25, 0.3) is 0 Å². The van der Waals surface area contributed by atoms with Gasteiger partial charge in [0, 0.05) is 19.8 Å². The molecule has 0 rings (SSSR count). The molecule has 0 unspecified atom stereocenters. The summed E-state index contributed by atoms with van der Waals surface area (Å²) in [5.74, 6) is 18.0. The number of rotatable bonds is 4. The summed E-state index contributed by atoms with van der Waals surface area (Å²) in [7, 11) is 0. The fourth-order valence-electron chi connectivity index (χ4n) is 0.149. The summed E-state index contributed by atoms with van der Waals surface area (Å²) >= 11 is 0. The molecule has 0 radical (unpaired) electrons. The van der Waals surface area contributed by atoms with Crippen LogP contribution in [0.3, 0.4) is 0 Å². The molecule has 0 spiro atoms. The second-order valence-corrected chi connectivity index (χ2v) is 0.869. The Morgan fingerprint density at radius 2 is 0.889 bits per heavy atom. The van der Waals surface area contributed by atoms with Crippen molar-refractivity contribution < 1.29 is 24.9 Å². The van der Waals surface area contributed by atoms with E-state index >= 15 is 0 Å². The number of quaternary nitrogens is 1. The molecule has 56 valence electrons. The van der Waals surface area contributed by atoms with Crippen LogP contribution in [0.1, 0.15) is 0 Å². The fourth-order valence-corrected chi connectivity index (χ4v) is 0.149. The number of hydrogen-bond donors (Lipinski definition) is 4. The van der Waals surface area contributed by atoms with Gasteiger partial charge in [0.2, 0.25) is 0 Å². The molecule has 9 heavy (non-hydrogen) atoms. The lowest BCUT2D eigenvalue weighted by Gasteiger charge is -2.13. The van der Waals surface area contributed by atoms with Crippen LogP contribution in [0.2, 0.25) is 0 Å². The van der Waals surface area contributed by atoms with Gasteiger partial charge in [-0.25, -0.2) is 0 Å². The lowest BCUT2D eigenvalue weighted by atomic mass is 12.6. The smallest absolute Gasteiger partial charge is 0.149 e. The van der Waals surface area contributed by atoms with E-state index in [2.05, 4.69) is 43.3 Å².